The van der Waals surface area contributed by atoms with Crippen LogP contribution >= 0.6 is 11.8 Å². The number of alkyl carbamates (subject to hydrolysis) is 1. The first kappa shape index (κ1) is 29.4. The Hall–Kier alpha value is -2.88. The summed E-state index contributed by atoms with van der Waals surface area (Å²) in [4.78, 5) is 46.8. The molecule has 1 aromatic rings. The number of amides is 2. The number of ether oxygens (including phenoxy) is 2. The van der Waals surface area contributed by atoms with Gasteiger partial charge in [-0.15, -0.1) is 0 Å². The van der Waals surface area contributed by atoms with Gasteiger partial charge < -0.3 is 20.1 Å². The van der Waals surface area contributed by atoms with Gasteiger partial charge in [0.15, 0.2) is 0 Å². The molecule has 1 heterocycles. The van der Waals surface area contributed by atoms with Crippen LogP contribution in [0.3, 0.4) is 0 Å². The molecule has 0 spiro atoms. The van der Waals surface area contributed by atoms with Crippen LogP contribution in [0.2, 0.25) is 0 Å². The van der Waals surface area contributed by atoms with Gasteiger partial charge in [0, 0.05) is 0 Å². The van der Waals surface area contributed by atoms with Crippen molar-refractivity contribution in [2.75, 3.05) is 7.11 Å². The number of methoxy groups -OCH3 is 1. The van der Waals surface area contributed by atoms with E-state index in [2.05, 4.69) is 15.6 Å². The lowest BCUT2D eigenvalue weighted by molar-refractivity contribution is -0.146. The van der Waals surface area contributed by atoms with Gasteiger partial charge in [0.05, 0.1) is 18.2 Å². The molecule has 198 valence electrons. The number of carbonyl (C=O) groups is 3. The summed E-state index contributed by atoms with van der Waals surface area (Å²) in [6, 6.07) is 7.59. The topological polar surface area (TPSA) is 118 Å². The van der Waals surface area contributed by atoms with E-state index >= 15 is 0 Å². The molecule has 10 heteroatoms. The summed E-state index contributed by atoms with van der Waals surface area (Å²) in [6.45, 7) is 13.3. The molecule has 0 saturated carbocycles. The highest BCUT2D eigenvalue weighted by Gasteiger charge is 2.39. The second-order valence-corrected chi connectivity index (χ2v) is 10.9. The molecule has 1 aliphatic rings. The predicted octanol–water partition coefficient (Wildman–Crippen LogP) is 3.96. The van der Waals surface area contributed by atoms with Crippen LogP contribution < -0.4 is 10.6 Å². The van der Waals surface area contributed by atoms with Crippen LogP contribution in [-0.2, 0) is 25.7 Å². The Balaban J connectivity index is 2.08. The Labute approximate surface area is 217 Å². The van der Waals surface area contributed by atoms with Crippen LogP contribution in [0.5, 0.6) is 0 Å². The van der Waals surface area contributed by atoms with E-state index < -0.39 is 29.7 Å². The van der Waals surface area contributed by atoms with Gasteiger partial charge >= 0.3 is 12.1 Å². The maximum Gasteiger partial charge on any atom is 0.408 e. The molecule has 1 aliphatic heterocycles. The fourth-order valence-corrected chi connectivity index (χ4v) is 4.86. The smallest absolute Gasteiger partial charge is 0.408 e. The zero-order chi connectivity index (χ0) is 27.0. The van der Waals surface area contributed by atoms with Crippen LogP contribution in [-0.4, -0.2) is 58.8 Å². The molecule has 0 radical (unpaired) electrons. The minimum atomic E-state index is -0.752. The highest BCUT2D eigenvalue weighted by Crippen LogP contribution is 2.34. The summed E-state index contributed by atoms with van der Waals surface area (Å²) >= 11 is 1.35. The maximum absolute atomic E-state index is 12.8. The van der Waals surface area contributed by atoms with Gasteiger partial charge in [-0.05, 0) is 38.2 Å². The molecule has 3 atom stereocenters. The van der Waals surface area contributed by atoms with Crippen molar-refractivity contribution in [3.05, 3.63) is 35.9 Å². The molecule has 2 N–H and O–H groups in total. The molecule has 0 bridgehead atoms. The van der Waals surface area contributed by atoms with Crippen LogP contribution in [0.1, 0.15) is 54.0 Å². The Bertz CT molecular complexity index is 991. The Morgan fingerprint density at radius 2 is 1.67 bits per heavy atom. The number of esters is 1. The van der Waals surface area contributed by atoms with Crippen LogP contribution in [0, 0.1) is 11.8 Å². The van der Waals surface area contributed by atoms with Crippen molar-refractivity contribution in [3.8, 4) is 0 Å². The molecule has 0 aromatic heterocycles. The molecular formula is C26H38N4O5S. The van der Waals surface area contributed by atoms with Gasteiger partial charge in [-0.25, -0.2) is 9.59 Å². The Morgan fingerprint density at radius 1 is 1.03 bits per heavy atom. The quantitative estimate of drug-likeness (QED) is 0.453. The zero-order valence-corrected chi connectivity index (χ0v) is 23.1. The Kier molecular flexibility index (Phi) is 10.5. The third kappa shape index (κ3) is 8.08. The highest BCUT2D eigenvalue weighted by molar-refractivity contribution is 8.27. The van der Waals surface area contributed by atoms with Gasteiger partial charge in [-0.2, -0.15) is 0 Å². The molecule has 0 aliphatic carbocycles. The van der Waals surface area contributed by atoms with Crippen LogP contribution in [0.25, 0.3) is 0 Å². The summed E-state index contributed by atoms with van der Waals surface area (Å²) in [7, 11) is 1.29. The fraction of sp³-hybridized carbons (Fsp3) is 0.577. The largest absolute Gasteiger partial charge is 0.467 e. The van der Waals surface area contributed by atoms with Gasteiger partial charge in [-0.3, -0.25) is 14.8 Å². The summed E-state index contributed by atoms with van der Waals surface area (Å²) in [6.07, 6.45) is -0.528. The molecule has 1 aromatic carbocycles. The SMILES string of the molecule is COC(=O)[C@@H](NC(=O)[C@H](C)N=C1SC([C@@H](NC(=O)OCc2ccccc2)C(C)C)=NC1(C)C)C(C)C. The first-order valence-corrected chi connectivity index (χ1v) is 12.9. The molecule has 2 rings (SSSR count). The van der Waals surface area contributed by atoms with E-state index in [4.69, 9.17) is 14.5 Å². The molecular weight excluding hydrogens is 480 g/mol. The number of thioether (sulfide) groups is 1. The van der Waals surface area contributed by atoms with Crippen molar-refractivity contribution in [1.82, 2.24) is 10.6 Å². The average Bonchev–Trinajstić information content (AvgIpc) is 3.12. The van der Waals surface area contributed by atoms with Gasteiger partial charge in [0.2, 0.25) is 5.91 Å². The van der Waals surface area contributed by atoms with Crippen LogP contribution in [0.15, 0.2) is 40.3 Å². The first-order valence-electron chi connectivity index (χ1n) is 12.1. The number of nitrogens with one attached hydrogen (secondary N) is 2. The minimum absolute atomic E-state index is 0.0447. The third-order valence-corrected chi connectivity index (χ3v) is 7.00. The number of aliphatic imine (C=N–C) groups is 2. The molecule has 0 fully saturated rings. The number of benzene rings is 1. The molecule has 9 nitrogen and oxygen atoms in total. The lowest BCUT2D eigenvalue weighted by Gasteiger charge is -2.22. The summed E-state index contributed by atoms with van der Waals surface area (Å²) in [5.41, 5.74) is 0.230. The van der Waals surface area contributed by atoms with E-state index in [0.717, 1.165) is 5.56 Å². The van der Waals surface area contributed by atoms with Crippen molar-refractivity contribution < 1.29 is 23.9 Å². The maximum atomic E-state index is 12.8. The van der Waals surface area contributed by atoms with Crippen LogP contribution in [0.4, 0.5) is 4.79 Å². The monoisotopic (exact) mass is 518 g/mol. The van der Waals surface area contributed by atoms with E-state index in [9.17, 15) is 14.4 Å². The molecule has 0 unspecified atom stereocenters. The normalized spacial score (nSPS) is 18.4. The zero-order valence-electron chi connectivity index (χ0n) is 22.3. The molecule has 0 saturated heterocycles. The minimum Gasteiger partial charge on any atom is -0.467 e. The predicted molar refractivity (Wildman–Crippen MR) is 143 cm³/mol. The lowest BCUT2D eigenvalue weighted by atomic mass is 10.0. The van der Waals surface area contributed by atoms with E-state index in [1.165, 1.54) is 18.9 Å². The molecule has 36 heavy (non-hydrogen) atoms. The second kappa shape index (κ2) is 12.9. The lowest BCUT2D eigenvalue weighted by Crippen LogP contribution is -2.48. The van der Waals surface area contributed by atoms with Crippen molar-refractivity contribution in [3.63, 3.8) is 0 Å². The summed E-state index contributed by atoms with van der Waals surface area (Å²) < 4.78 is 10.2. The third-order valence-electron chi connectivity index (χ3n) is 5.64. The Morgan fingerprint density at radius 3 is 2.22 bits per heavy atom. The first-order chi connectivity index (χ1) is 16.9. The average molecular weight is 519 g/mol. The van der Waals surface area contributed by atoms with Crippen molar-refractivity contribution in [2.24, 2.45) is 21.8 Å². The number of hydrogen-bond donors (Lipinski definition) is 2. The van der Waals surface area contributed by atoms with Crippen molar-refractivity contribution >= 4 is 39.8 Å². The standard InChI is InChI=1S/C26H38N4O5S/c1-15(2)19(29-25(33)35-14-18-12-10-9-11-13-18)22-30-26(6,7)24(36-22)27-17(5)21(31)28-20(16(3)4)23(32)34-8/h9-13,15-17,19-20H,14H2,1-8H3,(H,28,31)(H,29,33)/t17-,19-,20-/m0/s1. The second-order valence-electron chi connectivity index (χ2n) is 9.90. The number of rotatable bonds is 10. The van der Waals surface area contributed by atoms with Gasteiger partial charge in [0.1, 0.15) is 29.3 Å². The number of hydrogen-bond acceptors (Lipinski definition) is 8. The fourth-order valence-electron chi connectivity index (χ4n) is 3.43. The highest BCUT2D eigenvalue weighted by atomic mass is 32.2. The summed E-state index contributed by atoms with van der Waals surface area (Å²) in [5.74, 6) is -0.958. The van der Waals surface area contributed by atoms with E-state index in [1.54, 1.807) is 6.92 Å². The van der Waals surface area contributed by atoms with E-state index in [-0.39, 0.29) is 30.4 Å². The van der Waals surface area contributed by atoms with E-state index in [1.807, 2.05) is 71.9 Å². The van der Waals surface area contributed by atoms with Crippen molar-refractivity contribution in [1.29, 1.82) is 0 Å². The van der Waals surface area contributed by atoms with Gasteiger partial charge in [0.25, 0.3) is 0 Å². The molecule has 2 amide bonds. The van der Waals surface area contributed by atoms with E-state index in [0.29, 0.717) is 10.1 Å². The van der Waals surface area contributed by atoms with Gasteiger partial charge in [-0.1, -0.05) is 69.8 Å². The number of carbonyl (C=O) groups excluding carboxylic acids is 3. The van der Waals surface area contributed by atoms with Crippen molar-refractivity contribution in [2.45, 2.75) is 78.7 Å². The number of nitrogens with zero attached hydrogens (tertiary/aromatic N) is 2. The summed E-state index contributed by atoms with van der Waals surface area (Å²) in [5, 5.41) is 7.01.